The van der Waals surface area contributed by atoms with Crippen LogP contribution in [0.15, 0.2) is 29.2 Å². The van der Waals surface area contributed by atoms with Crippen molar-refractivity contribution in [1.29, 1.82) is 0 Å². The summed E-state index contributed by atoms with van der Waals surface area (Å²) in [5, 5.41) is 3.16. The van der Waals surface area contributed by atoms with Crippen molar-refractivity contribution in [2.24, 2.45) is 11.5 Å². The van der Waals surface area contributed by atoms with Crippen LogP contribution in [0.25, 0.3) is 0 Å². The third-order valence-electron chi connectivity index (χ3n) is 4.88. The van der Waals surface area contributed by atoms with E-state index in [0.29, 0.717) is 41.9 Å². The van der Waals surface area contributed by atoms with E-state index in [0.717, 1.165) is 25.7 Å². The summed E-state index contributed by atoms with van der Waals surface area (Å²) in [5.41, 5.74) is 11.8. The van der Waals surface area contributed by atoms with Crippen LogP contribution >= 0.6 is 0 Å². The quantitative estimate of drug-likeness (QED) is 0.652. The Kier molecular flexibility index (Phi) is 4.52. The Bertz CT molecular complexity index is 858. The average Bonchev–Trinajstić information content (AvgIpc) is 2.65. The van der Waals surface area contributed by atoms with Gasteiger partial charge in [0.05, 0.1) is 6.20 Å². The molecule has 138 valence electrons. The second kappa shape index (κ2) is 6.97. The Balaban J connectivity index is 1.64. The lowest BCUT2D eigenvalue weighted by Crippen LogP contribution is -2.33. The highest BCUT2D eigenvalue weighted by Gasteiger charge is 2.26. The summed E-state index contributed by atoms with van der Waals surface area (Å²) in [4.78, 5) is 16.7. The van der Waals surface area contributed by atoms with Crippen LogP contribution in [-0.2, 0) is 0 Å². The molecule has 8 nitrogen and oxygen atoms in total. The van der Waals surface area contributed by atoms with Gasteiger partial charge in [-0.2, -0.15) is 4.98 Å². The maximum atomic E-state index is 12.5. The summed E-state index contributed by atoms with van der Waals surface area (Å²) in [6, 6.07) is 5.86. The minimum atomic E-state index is -0.288. The molecule has 1 fully saturated rings. The van der Waals surface area contributed by atoms with Crippen LogP contribution in [0.4, 0.5) is 11.5 Å². The Morgan fingerprint density at radius 3 is 2.85 bits per heavy atom. The van der Waals surface area contributed by atoms with E-state index in [1.807, 2.05) is 18.2 Å². The maximum absolute atomic E-state index is 12.5. The summed E-state index contributed by atoms with van der Waals surface area (Å²) >= 11 is 0. The molecular weight excluding hydrogens is 334 g/mol. The zero-order valence-corrected chi connectivity index (χ0v) is 14.5. The first-order valence-corrected chi connectivity index (χ1v) is 8.95. The summed E-state index contributed by atoms with van der Waals surface area (Å²) in [5.74, 6) is 2.17. The number of ether oxygens (including phenoxy) is 2. The molecule has 0 unspecified atom stereocenters. The maximum Gasteiger partial charge on any atom is 0.350 e. The first-order chi connectivity index (χ1) is 12.7. The van der Waals surface area contributed by atoms with Crippen molar-refractivity contribution in [2.45, 2.75) is 37.8 Å². The number of hydrogen-bond donors (Lipinski definition) is 3. The second-order valence-corrected chi connectivity index (χ2v) is 6.71. The monoisotopic (exact) mass is 357 g/mol. The highest BCUT2D eigenvalue weighted by atomic mass is 16.5. The summed E-state index contributed by atoms with van der Waals surface area (Å²) in [6.45, 7) is 0.805. The van der Waals surface area contributed by atoms with E-state index in [1.165, 1.54) is 0 Å². The van der Waals surface area contributed by atoms with Gasteiger partial charge < -0.3 is 26.3 Å². The van der Waals surface area contributed by atoms with Crippen LogP contribution in [0.3, 0.4) is 0 Å². The predicted octanol–water partition coefficient (Wildman–Crippen LogP) is 1.87. The van der Waals surface area contributed by atoms with Gasteiger partial charge in [0.25, 0.3) is 0 Å². The topological polar surface area (TPSA) is 117 Å². The van der Waals surface area contributed by atoms with E-state index in [1.54, 1.807) is 10.8 Å². The molecule has 1 aliphatic carbocycles. The minimum absolute atomic E-state index is 0.115. The van der Waals surface area contributed by atoms with E-state index in [4.69, 9.17) is 20.9 Å². The van der Waals surface area contributed by atoms with Crippen LogP contribution in [0, 0.1) is 0 Å². The van der Waals surface area contributed by atoms with Crippen molar-refractivity contribution in [2.75, 3.05) is 18.5 Å². The first kappa shape index (κ1) is 16.9. The third-order valence-corrected chi connectivity index (χ3v) is 4.88. The number of nitrogens with one attached hydrogen (secondary N) is 1. The lowest BCUT2D eigenvalue weighted by atomic mass is 9.92. The van der Waals surface area contributed by atoms with Gasteiger partial charge >= 0.3 is 5.69 Å². The molecule has 2 aromatic rings. The van der Waals surface area contributed by atoms with Gasteiger partial charge in [0.15, 0.2) is 17.3 Å². The van der Waals surface area contributed by atoms with E-state index < -0.39 is 0 Å². The number of hydrogen-bond acceptors (Lipinski definition) is 7. The Labute approximate surface area is 151 Å². The van der Waals surface area contributed by atoms with Crippen molar-refractivity contribution < 1.29 is 9.47 Å². The number of fused-ring (bicyclic) bond motifs is 2. The molecular formula is C18H23N5O3. The zero-order chi connectivity index (χ0) is 18.1. The number of aromatic nitrogens is 2. The standard InChI is InChI=1S/C18H23N5O3/c19-8-9-25-13-2-1-3-14-16(13)21-17-15(26-14)10-23(18(24)22-17)12-6-4-11(20)5-7-12/h1-3,10-12H,4-9,19-20H2,(H,21,22,24). The molecule has 1 aromatic carbocycles. The molecule has 5 N–H and O–H groups in total. The van der Waals surface area contributed by atoms with Gasteiger partial charge in [0.2, 0.25) is 0 Å². The summed E-state index contributed by atoms with van der Waals surface area (Å²) in [7, 11) is 0. The number of benzene rings is 1. The molecule has 0 atom stereocenters. The molecule has 1 aliphatic heterocycles. The second-order valence-electron chi connectivity index (χ2n) is 6.71. The number of para-hydroxylation sites is 1. The van der Waals surface area contributed by atoms with Crippen molar-refractivity contribution in [3.8, 4) is 17.2 Å². The van der Waals surface area contributed by atoms with Gasteiger partial charge in [-0.15, -0.1) is 0 Å². The van der Waals surface area contributed by atoms with E-state index in [-0.39, 0.29) is 17.8 Å². The average molecular weight is 357 g/mol. The van der Waals surface area contributed by atoms with E-state index in [9.17, 15) is 4.79 Å². The molecule has 2 heterocycles. The fourth-order valence-corrected chi connectivity index (χ4v) is 3.50. The molecule has 0 amide bonds. The Hall–Kier alpha value is -2.58. The molecule has 26 heavy (non-hydrogen) atoms. The number of anilines is 2. The highest BCUT2D eigenvalue weighted by Crippen LogP contribution is 2.45. The van der Waals surface area contributed by atoms with E-state index >= 15 is 0 Å². The largest absolute Gasteiger partial charge is 0.490 e. The van der Waals surface area contributed by atoms with Crippen LogP contribution in [-0.4, -0.2) is 28.7 Å². The molecule has 0 saturated heterocycles. The first-order valence-electron chi connectivity index (χ1n) is 8.95. The van der Waals surface area contributed by atoms with Gasteiger partial charge in [-0.05, 0) is 37.8 Å². The van der Waals surface area contributed by atoms with E-state index in [2.05, 4.69) is 10.3 Å². The molecule has 4 rings (SSSR count). The molecule has 2 aliphatic rings. The smallest absolute Gasteiger partial charge is 0.350 e. The lowest BCUT2D eigenvalue weighted by Gasteiger charge is -2.29. The van der Waals surface area contributed by atoms with Crippen molar-refractivity contribution in [3.63, 3.8) is 0 Å². The summed E-state index contributed by atoms with van der Waals surface area (Å²) in [6.07, 6.45) is 5.33. The fraction of sp³-hybridized carbons (Fsp3) is 0.444. The molecule has 8 heteroatoms. The lowest BCUT2D eigenvalue weighted by molar-refractivity contribution is 0.311. The van der Waals surface area contributed by atoms with Gasteiger partial charge in [0.1, 0.15) is 18.0 Å². The van der Waals surface area contributed by atoms with Crippen LogP contribution in [0.5, 0.6) is 17.2 Å². The highest BCUT2D eigenvalue weighted by molar-refractivity contribution is 5.77. The minimum Gasteiger partial charge on any atom is -0.490 e. The number of rotatable bonds is 4. The molecule has 1 aromatic heterocycles. The molecule has 0 radical (unpaired) electrons. The SMILES string of the molecule is NCCOc1cccc2c1Nc1nc(=O)n(C3CCC(N)CC3)cc1O2. The number of nitrogens with zero attached hydrogens (tertiary/aromatic N) is 2. The van der Waals surface area contributed by atoms with Crippen LogP contribution < -0.4 is 31.9 Å². The zero-order valence-electron chi connectivity index (χ0n) is 14.5. The molecule has 0 bridgehead atoms. The Morgan fingerprint density at radius 2 is 2.08 bits per heavy atom. The van der Waals surface area contributed by atoms with Gasteiger partial charge in [-0.1, -0.05) is 6.07 Å². The van der Waals surface area contributed by atoms with Crippen molar-refractivity contribution in [3.05, 3.63) is 34.9 Å². The van der Waals surface area contributed by atoms with Crippen LogP contribution in [0.2, 0.25) is 0 Å². The molecule has 1 saturated carbocycles. The van der Waals surface area contributed by atoms with Crippen molar-refractivity contribution >= 4 is 11.5 Å². The van der Waals surface area contributed by atoms with Crippen molar-refractivity contribution in [1.82, 2.24) is 9.55 Å². The normalized spacial score (nSPS) is 21.2. The van der Waals surface area contributed by atoms with Crippen LogP contribution in [0.1, 0.15) is 31.7 Å². The van der Waals surface area contributed by atoms with Gasteiger partial charge in [0, 0.05) is 18.6 Å². The predicted molar refractivity (Wildman–Crippen MR) is 98.3 cm³/mol. The van der Waals surface area contributed by atoms with Gasteiger partial charge in [-0.3, -0.25) is 4.57 Å². The fourth-order valence-electron chi connectivity index (χ4n) is 3.50. The summed E-state index contributed by atoms with van der Waals surface area (Å²) < 4.78 is 13.3. The molecule has 0 spiro atoms. The van der Waals surface area contributed by atoms with Gasteiger partial charge in [-0.25, -0.2) is 4.79 Å². The Morgan fingerprint density at radius 1 is 1.27 bits per heavy atom. The number of nitrogens with two attached hydrogens (primary N) is 2. The third kappa shape index (κ3) is 3.13.